The number of carbonyl (C=O) groups is 4. The van der Waals surface area contributed by atoms with Crippen molar-refractivity contribution < 1.29 is 39.6 Å². The smallest absolute Gasteiger partial charge is 0.265 e. The Morgan fingerprint density at radius 3 is 2.11 bits per heavy atom. The molecule has 10 nitrogen and oxygen atoms in total. The van der Waals surface area contributed by atoms with Crippen molar-refractivity contribution in [3.8, 4) is 5.75 Å². The number of hydrogen-bond donors (Lipinski definition) is 2. The lowest BCUT2D eigenvalue weighted by atomic mass is 9.88. The summed E-state index contributed by atoms with van der Waals surface area (Å²) in [6.45, 7) is -12.9. The monoisotopic (exact) mass is 797 g/mol. The van der Waals surface area contributed by atoms with Gasteiger partial charge in [0.25, 0.3) is 11.8 Å². The Bertz CT molecular complexity index is 2550. The van der Waals surface area contributed by atoms with Gasteiger partial charge in [-0.1, -0.05) is 54.6 Å². The zero-order valence-electron chi connectivity index (χ0n) is 38.8. The van der Waals surface area contributed by atoms with E-state index >= 15 is 4.39 Å². The van der Waals surface area contributed by atoms with Gasteiger partial charge < -0.3 is 14.9 Å². The number of allylic oxidation sites excluding steroid dienone is 1. The minimum Gasteiger partial charge on any atom is -0.508 e. The summed E-state index contributed by atoms with van der Waals surface area (Å²) in [5, 5.41) is 12.1. The molecule has 8 rings (SSSR count). The third-order valence-corrected chi connectivity index (χ3v) is 11.0. The Labute approximate surface area is 347 Å². The molecular weight excluding hydrogens is 745 g/mol. The van der Waals surface area contributed by atoms with E-state index in [0.717, 1.165) is 45.7 Å². The fourth-order valence-corrected chi connectivity index (χ4v) is 8.12. The number of hydrogen-bond acceptors (Lipinski definition) is 8. The maximum absolute atomic E-state index is 16.6. The van der Waals surface area contributed by atoms with Gasteiger partial charge in [0.15, 0.2) is 5.82 Å². The number of piperazine rings is 1. The van der Waals surface area contributed by atoms with Crippen LogP contribution in [0.25, 0.3) is 11.1 Å². The molecule has 12 heteroatoms. The Kier molecular flexibility index (Phi) is 8.61. The number of phenolic OH excluding ortho intramolecular Hbond substituents is 1. The molecule has 1 atom stereocenters. The van der Waals surface area contributed by atoms with Crippen LogP contribution in [-0.2, 0) is 9.59 Å². The van der Waals surface area contributed by atoms with Crippen molar-refractivity contribution in [2.75, 3.05) is 61.3 Å². The third-order valence-electron chi connectivity index (χ3n) is 10.9. The molecule has 4 aliphatic heterocycles. The highest BCUT2D eigenvalue weighted by Crippen LogP contribution is 2.37. The van der Waals surface area contributed by atoms with Gasteiger partial charge in [-0.15, -0.1) is 11.6 Å². The minimum absolute atomic E-state index is 0.0194. The second-order valence-electron chi connectivity index (χ2n) is 14.3. The summed E-state index contributed by atoms with van der Waals surface area (Å²) in [6, 6.07) is 25.2. The number of nitrogens with one attached hydrogen (secondary N) is 1. The SMILES string of the molecule is [2H]C1([2H])N(CC2CCN(c3ccc(C(=C(CCCl)c4ccccc4)c4ccc(O)cc4)cc3)CC2)C([2H])([2H])C([2H])([2H])N(c2ccc3c(c2F)C(=O)N(C2CCC(=O)NC2=O)C3=O)C1([2H])[2H]. The number of aromatic hydroxyl groups is 1. The number of rotatable bonds is 10. The number of phenols is 1. The van der Waals surface area contributed by atoms with Crippen LogP contribution in [0, 0.1) is 11.7 Å². The summed E-state index contributed by atoms with van der Waals surface area (Å²) in [5.41, 5.74) is 3.33. The quantitative estimate of drug-likeness (QED) is 0.106. The lowest BCUT2D eigenvalue weighted by molar-refractivity contribution is -0.136. The van der Waals surface area contributed by atoms with Gasteiger partial charge in [-0.3, -0.25) is 34.3 Å². The van der Waals surface area contributed by atoms with Crippen LogP contribution in [-0.4, -0.2) is 96.1 Å². The third kappa shape index (κ3) is 7.78. The highest BCUT2D eigenvalue weighted by molar-refractivity contribution is 6.24. The predicted molar refractivity (Wildman–Crippen MR) is 219 cm³/mol. The molecule has 4 aliphatic rings. The number of nitrogens with zero attached hydrogens (tertiary/aromatic N) is 4. The fourth-order valence-electron chi connectivity index (χ4n) is 7.93. The highest BCUT2D eigenvalue weighted by Gasteiger charge is 2.46. The molecule has 294 valence electrons. The van der Waals surface area contributed by atoms with E-state index in [1.54, 1.807) is 12.1 Å². The van der Waals surface area contributed by atoms with Crippen LogP contribution in [0.4, 0.5) is 15.8 Å². The Balaban J connectivity index is 1.01. The molecule has 4 aromatic rings. The molecule has 2 N–H and O–H groups in total. The lowest BCUT2D eigenvalue weighted by Crippen LogP contribution is -2.54. The van der Waals surface area contributed by atoms with Crippen LogP contribution in [0.2, 0.25) is 0 Å². The summed E-state index contributed by atoms with van der Waals surface area (Å²) >= 11 is 6.33. The molecule has 57 heavy (non-hydrogen) atoms. The number of halogens is 2. The first kappa shape index (κ1) is 29.7. The highest BCUT2D eigenvalue weighted by atomic mass is 35.5. The Morgan fingerprint density at radius 1 is 0.789 bits per heavy atom. The second kappa shape index (κ2) is 16.5. The van der Waals surface area contributed by atoms with E-state index in [-0.39, 0.29) is 30.0 Å². The molecule has 0 spiro atoms. The Morgan fingerprint density at radius 2 is 1.46 bits per heavy atom. The summed E-state index contributed by atoms with van der Waals surface area (Å²) in [5.74, 6) is -5.40. The largest absolute Gasteiger partial charge is 0.508 e. The molecular formula is C45H45ClFN5O5. The standard InChI is InChI=1S/C45H45ClFN5O5/c46-21-18-35(30-4-2-1-3-5-30)40(32-8-12-34(53)13-9-32)31-6-10-33(11-7-31)50-22-19-29(20-23-50)28-49-24-26-51(27-25-49)37-15-14-36-41(42(37)47)45(57)52(44(36)56)38-16-17-39(54)48-43(38)55/h1-15,29,38,53H,16-28H2,(H,48,54,55)/i24D2,25D2,26D2,27D2. The van der Waals surface area contributed by atoms with Gasteiger partial charge in [-0.05, 0) is 95.8 Å². The number of alkyl halides is 1. The van der Waals surface area contributed by atoms with Crippen LogP contribution in [0.3, 0.4) is 0 Å². The van der Waals surface area contributed by atoms with Crippen LogP contribution in [0.1, 0.15) is 80.5 Å². The summed E-state index contributed by atoms with van der Waals surface area (Å²) < 4.78 is 88.8. The molecule has 0 saturated carbocycles. The zero-order valence-corrected chi connectivity index (χ0v) is 31.6. The average molecular weight is 798 g/mol. The number of fused-ring (bicyclic) bond motifs is 1. The topological polar surface area (TPSA) is 114 Å². The van der Waals surface area contributed by atoms with Crippen molar-refractivity contribution in [2.45, 2.75) is 38.1 Å². The van der Waals surface area contributed by atoms with Crippen LogP contribution in [0.15, 0.2) is 91.0 Å². The van der Waals surface area contributed by atoms with Crippen molar-refractivity contribution >= 4 is 57.8 Å². The molecule has 3 fully saturated rings. The van der Waals surface area contributed by atoms with Gasteiger partial charge in [0, 0.05) is 69.1 Å². The van der Waals surface area contributed by atoms with Crippen molar-refractivity contribution in [2.24, 2.45) is 5.92 Å². The van der Waals surface area contributed by atoms with Crippen molar-refractivity contribution in [3.05, 3.63) is 125 Å². The molecule has 3 saturated heterocycles. The normalized spacial score (nSPS) is 25.4. The van der Waals surface area contributed by atoms with Crippen molar-refractivity contribution in [1.29, 1.82) is 0 Å². The van der Waals surface area contributed by atoms with Crippen molar-refractivity contribution in [3.63, 3.8) is 0 Å². The first-order chi connectivity index (χ1) is 30.7. The van der Waals surface area contributed by atoms with E-state index in [1.165, 1.54) is 0 Å². The minimum atomic E-state index is -3.47. The maximum atomic E-state index is 16.6. The van der Waals surface area contributed by atoms with E-state index in [4.69, 9.17) is 22.6 Å². The van der Waals surface area contributed by atoms with E-state index < -0.39 is 84.2 Å². The molecule has 4 heterocycles. The molecule has 0 aliphatic carbocycles. The molecule has 0 aromatic heterocycles. The van der Waals surface area contributed by atoms with E-state index in [9.17, 15) is 24.3 Å². The number of benzene rings is 4. The molecule has 1 unspecified atom stereocenters. The summed E-state index contributed by atoms with van der Waals surface area (Å²) in [6.07, 6.45) is 1.01. The molecule has 0 bridgehead atoms. The van der Waals surface area contributed by atoms with Gasteiger partial charge in [-0.25, -0.2) is 4.39 Å². The molecule has 4 amide bonds. The van der Waals surface area contributed by atoms with Gasteiger partial charge in [0.1, 0.15) is 11.8 Å². The van der Waals surface area contributed by atoms with E-state index in [0.29, 0.717) is 48.0 Å². The number of amides is 4. The molecule has 4 aromatic carbocycles. The zero-order chi connectivity index (χ0) is 46.8. The number of anilines is 2. The predicted octanol–water partition coefficient (Wildman–Crippen LogP) is 6.56. The van der Waals surface area contributed by atoms with E-state index in [2.05, 4.69) is 4.90 Å². The van der Waals surface area contributed by atoms with Crippen molar-refractivity contribution in [1.82, 2.24) is 15.1 Å². The van der Waals surface area contributed by atoms with Gasteiger partial charge in [0.2, 0.25) is 11.8 Å². The van der Waals surface area contributed by atoms with Crippen LogP contribution >= 0.6 is 11.6 Å². The van der Waals surface area contributed by atoms with Gasteiger partial charge in [0.05, 0.1) is 22.3 Å². The number of carbonyl (C=O) groups excluding carboxylic acids is 4. The summed E-state index contributed by atoms with van der Waals surface area (Å²) in [4.78, 5) is 54.3. The number of piperidine rings is 2. The summed E-state index contributed by atoms with van der Waals surface area (Å²) in [7, 11) is 0. The maximum Gasteiger partial charge on any atom is 0.265 e. The first-order valence-corrected chi connectivity index (χ1v) is 19.4. The number of imide groups is 2. The van der Waals surface area contributed by atoms with E-state index in [1.807, 2.05) is 72.0 Å². The average Bonchev–Trinajstić information content (AvgIpc) is 3.52. The first-order valence-electron chi connectivity index (χ1n) is 22.8. The fraction of sp³-hybridized carbons (Fsp3) is 0.333. The Hall–Kier alpha value is -5.52. The van der Waals surface area contributed by atoms with Crippen LogP contribution < -0.4 is 15.1 Å². The second-order valence-corrected chi connectivity index (χ2v) is 14.7. The van der Waals surface area contributed by atoms with Gasteiger partial charge in [-0.2, -0.15) is 0 Å². The van der Waals surface area contributed by atoms with Gasteiger partial charge >= 0.3 is 0 Å². The lowest BCUT2D eigenvalue weighted by Gasteiger charge is -2.40. The molecule has 0 radical (unpaired) electrons. The van der Waals surface area contributed by atoms with Crippen LogP contribution in [0.5, 0.6) is 5.75 Å².